The Morgan fingerprint density at radius 3 is 2.20 bits per heavy atom. The van der Waals surface area contributed by atoms with Gasteiger partial charge in [-0.25, -0.2) is 0 Å². The summed E-state index contributed by atoms with van der Waals surface area (Å²) in [6, 6.07) is 0. The van der Waals surface area contributed by atoms with E-state index in [2.05, 4.69) is 13.5 Å². The maximum Gasteiger partial charge on any atom is 0.350 e. The van der Waals surface area contributed by atoms with Crippen LogP contribution in [0, 0.1) is 0 Å². The molecule has 0 saturated carbocycles. The van der Waals surface area contributed by atoms with E-state index in [-0.39, 0.29) is 0 Å². The van der Waals surface area contributed by atoms with E-state index in [0.29, 0.717) is 0 Å². The molecule has 10 heavy (non-hydrogen) atoms. The summed E-state index contributed by atoms with van der Waals surface area (Å²) in [7, 11) is 1.87. The van der Waals surface area contributed by atoms with Crippen molar-refractivity contribution in [3.8, 4) is 0 Å². The maximum absolute atomic E-state index is 5.13. The highest BCUT2D eigenvalue weighted by Crippen LogP contribution is 2.06. The van der Waals surface area contributed by atoms with Gasteiger partial charge in [0, 0.05) is 14.2 Å². The first kappa shape index (κ1) is 9.88. The molecule has 0 saturated heterocycles. The quantitative estimate of drug-likeness (QED) is 0.566. The fourth-order valence-electron chi connectivity index (χ4n) is 0.869. The van der Waals surface area contributed by atoms with Crippen LogP contribution in [0.5, 0.6) is 0 Å². The lowest BCUT2D eigenvalue weighted by Gasteiger charge is -2.12. The monoisotopic (exact) mass is 160 g/mol. The van der Waals surface area contributed by atoms with E-state index in [1.54, 1.807) is 14.2 Å². The van der Waals surface area contributed by atoms with Crippen LogP contribution in [0.3, 0.4) is 0 Å². The van der Waals surface area contributed by atoms with Gasteiger partial charge in [0.25, 0.3) is 0 Å². The second-order valence-electron chi connectivity index (χ2n) is 2.21. The van der Waals surface area contributed by atoms with Crippen LogP contribution in [-0.2, 0) is 8.85 Å². The fourth-order valence-corrected chi connectivity index (χ4v) is 2.25. The average Bonchev–Trinajstić information content (AvgIpc) is 1.91. The molecule has 0 aromatic carbocycles. The Labute approximate surface area is 64.7 Å². The molecule has 0 radical (unpaired) electrons. The van der Waals surface area contributed by atoms with Gasteiger partial charge >= 0.3 is 9.28 Å². The SMILES string of the molecule is C=C(CCC)[SiH](OC)OC. The molecule has 0 amide bonds. The van der Waals surface area contributed by atoms with Crippen LogP contribution in [-0.4, -0.2) is 23.5 Å². The van der Waals surface area contributed by atoms with Crippen molar-refractivity contribution < 1.29 is 8.85 Å². The van der Waals surface area contributed by atoms with Crippen molar-refractivity contribution in [1.82, 2.24) is 0 Å². The molecule has 0 aromatic rings. The molecule has 0 N–H and O–H groups in total. The lowest BCUT2D eigenvalue weighted by Crippen LogP contribution is -2.21. The Bertz CT molecular complexity index is 99.8. The predicted octanol–water partition coefficient (Wildman–Crippen LogP) is 1.40. The van der Waals surface area contributed by atoms with Crippen molar-refractivity contribution in [3.63, 3.8) is 0 Å². The third-order valence-electron chi connectivity index (χ3n) is 1.33. The van der Waals surface area contributed by atoms with Crippen LogP contribution in [0.25, 0.3) is 0 Å². The van der Waals surface area contributed by atoms with Crippen molar-refractivity contribution in [2.24, 2.45) is 0 Å². The molecule has 0 fully saturated rings. The van der Waals surface area contributed by atoms with Crippen LogP contribution in [0.15, 0.2) is 11.8 Å². The third kappa shape index (κ3) is 3.15. The summed E-state index contributed by atoms with van der Waals surface area (Å²) >= 11 is 0. The summed E-state index contributed by atoms with van der Waals surface area (Å²) in [5.74, 6) is 0. The van der Waals surface area contributed by atoms with E-state index in [9.17, 15) is 0 Å². The summed E-state index contributed by atoms with van der Waals surface area (Å²) in [4.78, 5) is 0. The van der Waals surface area contributed by atoms with E-state index in [4.69, 9.17) is 8.85 Å². The molecule has 0 aliphatic heterocycles. The zero-order chi connectivity index (χ0) is 7.98. The highest BCUT2D eigenvalue weighted by atomic mass is 28.3. The zero-order valence-electron chi connectivity index (χ0n) is 7.02. The Hall–Kier alpha value is -0.123. The summed E-state index contributed by atoms with van der Waals surface area (Å²) in [5.41, 5.74) is 0. The standard InChI is InChI=1S/C7H16O2Si/c1-5-6-7(2)10(8-3)9-4/h10H,2,5-6H2,1,3-4H3. The number of rotatable bonds is 5. The largest absolute Gasteiger partial charge is 0.397 e. The Morgan fingerprint density at radius 1 is 1.40 bits per heavy atom. The van der Waals surface area contributed by atoms with E-state index in [0.717, 1.165) is 18.0 Å². The number of hydrogen-bond acceptors (Lipinski definition) is 2. The third-order valence-corrected chi connectivity index (χ3v) is 3.14. The van der Waals surface area contributed by atoms with Gasteiger partial charge in [0.1, 0.15) is 0 Å². The highest BCUT2D eigenvalue weighted by Gasteiger charge is 2.12. The van der Waals surface area contributed by atoms with Gasteiger partial charge < -0.3 is 8.85 Å². The lowest BCUT2D eigenvalue weighted by molar-refractivity contribution is 0.286. The summed E-state index contributed by atoms with van der Waals surface area (Å²) in [6.45, 7) is 6.03. The molecule has 0 aliphatic carbocycles. The van der Waals surface area contributed by atoms with Gasteiger partial charge in [-0.2, -0.15) is 0 Å². The first-order valence-corrected chi connectivity index (χ1v) is 5.01. The van der Waals surface area contributed by atoms with Gasteiger partial charge in [0.15, 0.2) is 0 Å². The Balaban J connectivity index is 3.65. The van der Waals surface area contributed by atoms with Crippen LogP contribution < -0.4 is 0 Å². The van der Waals surface area contributed by atoms with Gasteiger partial charge in [-0.05, 0) is 11.6 Å². The molecule has 0 aliphatic rings. The molecular weight excluding hydrogens is 144 g/mol. The lowest BCUT2D eigenvalue weighted by atomic mass is 10.3. The van der Waals surface area contributed by atoms with E-state index in [1.807, 2.05) is 0 Å². The molecule has 3 heteroatoms. The minimum Gasteiger partial charge on any atom is -0.397 e. The van der Waals surface area contributed by atoms with Crippen molar-refractivity contribution in [3.05, 3.63) is 11.8 Å². The molecule has 0 heterocycles. The molecule has 0 atom stereocenters. The van der Waals surface area contributed by atoms with Crippen molar-refractivity contribution >= 4 is 9.28 Å². The van der Waals surface area contributed by atoms with Gasteiger partial charge in [-0.3, -0.25) is 0 Å². The molecule has 0 spiro atoms. The van der Waals surface area contributed by atoms with E-state index < -0.39 is 9.28 Å². The minimum atomic E-state index is -1.50. The zero-order valence-corrected chi connectivity index (χ0v) is 8.17. The summed E-state index contributed by atoms with van der Waals surface area (Å²) in [5, 5.41) is 1.15. The number of allylic oxidation sites excluding steroid dienone is 1. The maximum atomic E-state index is 5.13. The first-order valence-electron chi connectivity index (χ1n) is 3.49. The minimum absolute atomic E-state index is 1.03. The van der Waals surface area contributed by atoms with E-state index in [1.165, 1.54) is 0 Å². The van der Waals surface area contributed by atoms with Crippen LogP contribution >= 0.6 is 0 Å². The van der Waals surface area contributed by atoms with E-state index >= 15 is 0 Å². The average molecular weight is 160 g/mol. The molecule has 0 bridgehead atoms. The molecule has 0 aromatic heterocycles. The topological polar surface area (TPSA) is 18.5 Å². The van der Waals surface area contributed by atoms with Gasteiger partial charge in [-0.15, -0.1) is 0 Å². The van der Waals surface area contributed by atoms with Gasteiger partial charge in [0.2, 0.25) is 0 Å². The van der Waals surface area contributed by atoms with Crippen molar-refractivity contribution in [2.75, 3.05) is 14.2 Å². The molecule has 0 unspecified atom stereocenters. The van der Waals surface area contributed by atoms with Crippen molar-refractivity contribution in [2.45, 2.75) is 19.8 Å². The fraction of sp³-hybridized carbons (Fsp3) is 0.714. The second-order valence-corrected chi connectivity index (χ2v) is 4.63. The molecular formula is C7H16O2Si. The predicted molar refractivity (Wildman–Crippen MR) is 45.2 cm³/mol. The normalized spacial score (nSPS) is 10.4. The van der Waals surface area contributed by atoms with Crippen molar-refractivity contribution in [1.29, 1.82) is 0 Å². The van der Waals surface area contributed by atoms with Gasteiger partial charge in [0.05, 0.1) is 0 Å². The Morgan fingerprint density at radius 2 is 1.90 bits per heavy atom. The van der Waals surface area contributed by atoms with Crippen LogP contribution in [0.4, 0.5) is 0 Å². The first-order chi connectivity index (χ1) is 4.76. The summed E-state index contributed by atoms with van der Waals surface area (Å²) < 4.78 is 10.3. The summed E-state index contributed by atoms with van der Waals surface area (Å²) in [6.07, 6.45) is 2.15. The molecule has 2 nitrogen and oxygen atoms in total. The van der Waals surface area contributed by atoms with Crippen LogP contribution in [0.2, 0.25) is 0 Å². The number of hydrogen-bond donors (Lipinski definition) is 0. The molecule has 0 rings (SSSR count). The second kappa shape index (κ2) is 5.65. The smallest absolute Gasteiger partial charge is 0.350 e. The highest BCUT2D eigenvalue weighted by molar-refractivity contribution is 6.53. The Kier molecular flexibility index (Phi) is 5.58. The van der Waals surface area contributed by atoms with Gasteiger partial charge in [-0.1, -0.05) is 19.9 Å². The molecule has 60 valence electrons. The van der Waals surface area contributed by atoms with Crippen LogP contribution in [0.1, 0.15) is 19.8 Å².